The van der Waals surface area contributed by atoms with Gasteiger partial charge in [0, 0.05) is 0 Å². The van der Waals surface area contributed by atoms with Crippen LogP contribution in [-0.4, -0.2) is 12.5 Å². The molecule has 1 rings (SSSR count). The van der Waals surface area contributed by atoms with Crippen molar-refractivity contribution in [1.29, 1.82) is 0 Å². The van der Waals surface area contributed by atoms with Crippen LogP contribution in [0.15, 0.2) is 24.3 Å². The predicted octanol–water partition coefficient (Wildman–Crippen LogP) is 3.73. The van der Waals surface area contributed by atoms with Crippen LogP contribution >= 0.6 is 0 Å². The van der Waals surface area contributed by atoms with Crippen molar-refractivity contribution in [3.63, 3.8) is 0 Å². The van der Waals surface area contributed by atoms with Crippen LogP contribution in [0.3, 0.4) is 0 Å². The molecule has 0 saturated carbocycles. The van der Waals surface area contributed by atoms with E-state index in [-0.39, 0.29) is 12.0 Å². The highest BCUT2D eigenvalue weighted by Crippen LogP contribution is 2.30. The number of unbranched alkanes of at least 4 members (excludes halogenated alkanes) is 2. The van der Waals surface area contributed by atoms with E-state index in [0.29, 0.717) is 5.75 Å². The van der Waals surface area contributed by atoms with Gasteiger partial charge in [-0.3, -0.25) is 10.5 Å². The molecule has 0 aliphatic heterocycles. The van der Waals surface area contributed by atoms with Crippen molar-refractivity contribution >= 4 is 5.91 Å². The molecule has 1 N–H and O–H groups in total. The van der Waals surface area contributed by atoms with Crippen LogP contribution in [0.25, 0.3) is 0 Å². The van der Waals surface area contributed by atoms with Gasteiger partial charge in [-0.25, -0.2) is 0 Å². The van der Waals surface area contributed by atoms with E-state index >= 15 is 0 Å². The van der Waals surface area contributed by atoms with Crippen molar-refractivity contribution < 1.29 is 9.53 Å². The van der Waals surface area contributed by atoms with Gasteiger partial charge in [-0.05, 0) is 29.5 Å². The zero-order chi connectivity index (χ0) is 14.3. The van der Waals surface area contributed by atoms with E-state index in [1.807, 2.05) is 12.1 Å². The molecule has 1 radical (unpaired) electrons. The molecule has 19 heavy (non-hydrogen) atoms. The minimum absolute atomic E-state index is 0.166. The van der Waals surface area contributed by atoms with Gasteiger partial charge in [0.2, 0.25) is 0 Å². The van der Waals surface area contributed by atoms with E-state index in [4.69, 9.17) is 10.5 Å². The maximum Gasteiger partial charge on any atom is 0.276 e. The van der Waals surface area contributed by atoms with Gasteiger partial charge in [0.15, 0.2) is 6.61 Å². The first-order valence-corrected chi connectivity index (χ1v) is 6.93. The molecule has 0 aliphatic carbocycles. The van der Waals surface area contributed by atoms with Gasteiger partial charge >= 0.3 is 0 Å². The molecule has 0 unspecified atom stereocenters. The van der Waals surface area contributed by atoms with Crippen LogP contribution in [0.2, 0.25) is 0 Å². The molecule has 1 aromatic carbocycles. The highest BCUT2D eigenvalue weighted by atomic mass is 16.5. The molecule has 105 valence electrons. The molecule has 0 heterocycles. The Kier molecular flexibility index (Phi) is 5.87. The first-order chi connectivity index (χ1) is 8.95. The Balaban J connectivity index is 2.61. The Bertz CT molecular complexity index is 396. The standard InChI is InChI=1S/C16H24NO2/c1-4-5-6-11-16(2,3)13-7-9-14(10-8-13)19-12-15(17)18/h7-10,17H,4-6,11-12H2,1-3H3. The largest absolute Gasteiger partial charge is 0.484 e. The Labute approximate surface area is 116 Å². The summed E-state index contributed by atoms with van der Waals surface area (Å²) in [6, 6.07) is 7.85. The SMILES string of the molecule is CCCCCC(C)(C)c1ccc(OCC([NH])=O)cc1. The fourth-order valence-corrected chi connectivity index (χ4v) is 2.11. The zero-order valence-corrected chi connectivity index (χ0v) is 12.2. The lowest BCUT2D eigenvalue weighted by Gasteiger charge is -2.25. The second-order valence-electron chi connectivity index (χ2n) is 5.58. The van der Waals surface area contributed by atoms with E-state index < -0.39 is 5.91 Å². The van der Waals surface area contributed by atoms with Gasteiger partial charge in [0.25, 0.3) is 5.91 Å². The van der Waals surface area contributed by atoms with Gasteiger partial charge in [-0.1, -0.05) is 52.2 Å². The molecule has 3 heteroatoms. The predicted molar refractivity (Wildman–Crippen MR) is 77.2 cm³/mol. The quantitative estimate of drug-likeness (QED) is 0.670. The van der Waals surface area contributed by atoms with Crippen LogP contribution in [0.5, 0.6) is 5.75 Å². The van der Waals surface area contributed by atoms with E-state index in [9.17, 15) is 4.79 Å². The number of hydrogen-bond acceptors (Lipinski definition) is 2. The number of benzene rings is 1. The van der Waals surface area contributed by atoms with Gasteiger partial charge in [-0.15, -0.1) is 0 Å². The normalized spacial score (nSPS) is 11.3. The van der Waals surface area contributed by atoms with E-state index in [2.05, 4.69) is 32.9 Å². The van der Waals surface area contributed by atoms with Crippen molar-refractivity contribution in [2.24, 2.45) is 0 Å². The van der Waals surface area contributed by atoms with E-state index in [1.165, 1.54) is 31.2 Å². The number of nitrogens with one attached hydrogen (secondary N) is 1. The first kappa shape index (κ1) is 15.5. The lowest BCUT2D eigenvalue weighted by Crippen LogP contribution is -2.17. The number of carbonyl (C=O) groups is 1. The number of rotatable bonds is 8. The molecule has 0 saturated heterocycles. The summed E-state index contributed by atoms with van der Waals surface area (Å²) in [7, 11) is 0. The second kappa shape index (κ2) is 7.17. The molecular formula is C16H24NO2. The number of hydrogen-bond donors (Lipinski definition) is 0. The van der Waals surface area contributed by atoms with Gasteiger partial charge in [0.1, 0.15) is 5.75 Å². The number of ether oxygens (including phenoxy) is 1. The Morgan fingerprint density at radius 1 is 1.21 bits per heavy atom. The summed E-state index contributed by atoms with van der Waals surface area (Å²) in [5, 5.41) is 0. The molecule has 0 aromatic heterocycles. The molecular weight excluding hydrogens is 238 g/mol. The minimum Gasteiger partial charge on any atom is -0.484 e. The fraction of sp³-hybridized carbons (Fsp3) is 0.562. The van der Waals surface area contributed by atoms with Gasteiger partial charge in [-0.2, -0.15) is 0 Å². The third-order valence-electron chi connectivity index (χ3n) is 3.41. The number of amides is 1. The molecule has 0 spiro atoms. The summed E-state index contributed by atoms with van der Waals surface area (Å²) in [5.74, 6) is -0.0577. The summed E-state index contributed by atoms with van der Waals surface area (Å²) in [5.41, 5.74) is 8.25. The summed E-state index contributed by atoms with van der Waals surface area (Å²) in [4.78, 5) is 10.5. The third-order valence-corrected chi connectivity index (χ3v) is 3.41. The lowest BCUT2D eigenvalue weighted by molar-refractivity contribution is -0.120. The summed E-state index contributed by atoms with van der Waals surface area (Å²) < 4.78 is 5.20. The Morgan fingerprint density at radius 2 is 1.84 bits per heavy atom. The summed E-state index contributed by atoms with van der Waals surface area (Å²) in [6.07, 6.45) is 4.93. The average molecular weight is 262 g/mol. The van der Waals surface area contributed by atoms with Crippen LogP contribution in [-0.2, 0) is 10.2 Å². The molecule has 0 bridgehead atoms. The Hall–Kier alpha value is -1.51. The van der Waals surface area contributed by atoms with Gasteiger partial charge in [0.05, 0.1) is 0 Å². The van der Waals surface area contributed by atoms with Crippen LogP contribution in [0.4, 0.5) is 0 Å². The van der Waals surface area contributed by atoms with Crippen LogP contribution < -0.4 is 10.5 Å². The second-order valence-corrected chi connectivity index (χ2v) is 5.58. The van der Waals surface area contributed by atoms with Crippen molar-refractivity contribution in [3.05, 3.63) is 29.8 Å². The van der Waals surface area contributed by atoms with Crippen molar-refractivity contribution in [3.8, 4) is 5.75 Å². The Morgan fingerprint density at radius 3 is 2.37 bits per heavy atom. The minimum atomic E-state index is -0.705. The topological polar surface area (TPSA) is 50.1 Å². The van der Waals surface area contributed by atoms with Crippen molar-refractivity contribution in [1.82, 2.24) is 5.73 Å². The van der Waals surface area contributed by atoms with Gasteiger partial charge < -0.3 is 4.74 Å². The summed E-state index contributed by atoms with van der Waals surface area (Å²) in [6.45, 7) is 6.55. The molecule has 3 nitrogen and oxygen atoms in total. The molecule has 0 atom stereocenters. The van der Waals surface area contributed by atoms with Crippen molar-refractivity contribution in [2.75, 3.05) is 6.61 Å². The van der Waals surface area contributed by atoms with E-state index in [1.54, 1.807) is 0 Å². The van der Waals surface area contributed by atoms with Crippen molar-refractivity contribution in [2.45, 2.75) is 51.9 Å². The fourth-order valence-electron chi connectivity index (χ4n) is 2.11. The highest BCUT2D eigenvalue weighted by molar-refractivity contribution is 5.74. The van der Waals surface area contributed by atoms with Crippen LogP contribution in [0, 0.1) is 0 Å². The molecule has 0 fully saturated rings. The zero-order valence-electron chi connectivity index (χ0n) is 12.2. The monoisotopic (exact) mass is 262 g/mol. The number of carbonyl (C=O) groups excluding carboxylic acids is 1. The highest BCUT2D eigenvalue weighted by Gasteiger charge is 2.19. The maximum atomic E-state index is 10.5. The average Bonchev–Trinajstić information content (AvgIpc) is 2.37. The lowest BCUT2D eigenvalue weighted by atomic mass is 9.80. The molecule has 1 amide bonds. The molecule has 1 aromatic rings. The third kappa shape index (κ3) is 5.33. The van der Waals surface area contributed by atoms with Crippen LogP contribution in [0.1, 0.15) is 52.0 Å². The summed E-state index contributed by atoms with van der Waals surface area (Å²) >= 11 is 0. The molecule has 0 aliphatic rings. The van der Waals surface area contributed by atoms with E-state index in [0.717, 1.165) is 0 Å². The smallest absolute Gasteiger partial charge is 0.276 e. The first-order valence-electron chi connectivity index (χ1n) is 6.93. The maximum absolute atomic E-state index is 10.5.